The maximum absolute atomic E-state index is 5.30. The zero-order valence-corrected chi connectivity index (χ0v) is 17.7. The SMILES string of the molecule is Cc1cn(-c2ccc(Nc3cc(-c4c(C)noc4C)cnc3C)cc2Br)cn1. The smallest absolute Gasteiger partial charge is 0.141 e. The molecule has 28 heavy (non-hydrogen) atoms. The molecule has 0 radical (unpaired) electrons. The first-order valence-corrected chi connectivity index (χ1v) is 9.69. The number of aryl methyl sites for hydroxylation is 4. The first-order chi connectivity index (χ1) is 13.4. The number of imidazole rings is 1. The van der Waals surface area contributed by atoms with Crippen molar-refractivity contribution in [1.82, 2.24) is 19.7 Å². The Bertz CT molecular complexity index is 1140. The molecule has 0 unspecified atom stereocenters. The molecule has 142 valence electrons. The van der Waals surface area contributed by atoms with Crippen molar-refractivity contribution in [3.63, 3.8) is 0 Å². The first-order valence-electron chi connectivity index (χ1n) is 8.90. The Balaban J connectivity index is 1.66. The third-order valence-electron chi connectivity index (χ3n) is 4.63. The van der Waals surface area contributed by atoms with Crippen LogP contribution in [0.25, 0.3) is 16.8 Å². The average Bonchev–Trinajstić information content (AvgIpc) is 3.23. The van der Waals surface area contributed by atoms with Crippen molar-refractivity contribution in [3.8, 4) is 16.8 Å². The Morgan fingerprint density at radius 2 is 1.86 bits per heavy atom. The van der Waals surface area contributed by atoms with Crippen LogP contribution < -0.4 is 5.32 Å². The van der Waals surface area contributed by atoms with Gasteiger partial charge in [0, 0.05) is 33.7 Å². The highest BCUT2D eigenvalue weighted by Crippen LogP contribution is 2.32. The molecular weight excluding hydrogens is 418 g/mol. The molecular formula is C21H20BrN5O. The van der Waals surface area contributed by atoms with E-state index in [9.17, 15) is 0 Å². The molecule has 4 aromatic rings. The van der Waals surface area contributed by atoms with Crippen LogP contribution in [0.1, 0.15) is 22.8 Å². The van der Waals surface area contributed by atoms with E-state index in [0.29, 0.717) is 0 Å². The van der Waals surface area contributed by atoms with Gasteiger partial charge in [0.2, 0.25) is 0 Å². The van der Waals surface area contributed by atoms with E-state index >= 15 is 0 Å². The Morgan fingerprint density at radius 3 is 2.50 bits per heavy atom. The second-order valence-electron chi connectivity index (χ2n) is 6.77. The molecule has 3 aromatic heterocycles. The van der Waals surface area contributed by atoms with Gasteiger partial charge in [0.15, 0.2) is 0 Å². The van der Waals surface area contributed by atoms with Crippen molar-refractivity contribution >= 4 is 27.3 Å². The van der Waals surface area contributed by atoms with Crippen LogP contribution in [0, 0.1) is 27.7 Å². The van der Waals surface area contributed by atoms with E-state index in [1.807, 2.05) is 63.1 Å². The summed E-state index contributed by atoms with van der Waals surface area (Å²) in [6.07, 6.45) is 5.66. The molecule has 1 aromatic carbocycles. The molecule has 0 bridgehead atoms. The Hall–Kier alpha value is -2.93. The molecule has 1 N–H and O–H groups in total. The monoisotopic (exact) mass is 437 g/mol. The van der Waals surface area contributed by atoms with E-state index in [1.165, 1.54) is 0 Å². The summed E-state index contributed by atoms with van der Waals surface area (Å²) in [6.45, 7) is 7.81. The van der Waals surface area contributed by atoms with Gasteiger partial charge in [0.1, 0.15) is 5.76 Å². The fourth-order valence-electron chi connectivity index (χ4n) is 3.19. The summed E-state index contributed by atoms with van der Waals surface area (Å²) < 4.78 is 8.27. The van der Waals surface area contributed by atoms with E-state index in [0.717, 1.165) is 55.5 Å². The molecule has 0 spiro atoms. The minimum Gasteiger partial charge on any atom is -0.361 e. The van der Waals surface area contributed by atoms with Crippen LogP contribution >= 0.6 is 15.9 Å². The van der Waals surface area contributed by atoms with Gasteiger partial charge in [-0.1, -0.05) is 5.16 Å². The van der Waals surface area contributed by atoms with Crippen molar-refractivity contribution in [3.05, 3.63) is 70.3 Å². The lowest BCUT2D eigenvalue weighted by atomic mass is 10.1. The number of hydrogen-bond donors (Lipinski definition) is 1. The standard InChI is InChI=1S/C21H20BrN5O/c1-12-10-27(11-24-12)20-6-5-17(8-18(20)22)25-19-7-16(9-23-13(19)2)21-14(3)26-28-15(21)4/h5-11,25H,1-4H3. The van der Waals surface area contributed by atoms with Gasteiger partial charge in [-0.15, -0.1) is 0 Å². The van der Waals surface area contributed by atoms with Crippen molar-refractivity contribution in [2.24, 2.45) is 0 Å². The number of hydrogen-bond acceptors (Lipinski definition) is 5. The molecule has 7 heteroatoms. The van der Waals surface area contributed by atoms with E-state index in [-0.39, 0.29) is 0 Å². The molecule has 0 aliphatic rings. The average molecular weight is 438 g/mol. The quantitative estimate of drug-likeness (QED) is 0.445. The van der Waals surface area contributed by atoms with Crippen LogP contribution in [0.15, 0.2) is 52.0 Å². The van der Waals surface area contributed by atoms with Crippen LogP contribution in [0.5, 0.6) is 0 Å². The van der Waals surface area contributed by atoms with E-state index in [2.05, 4.69) is 48.5 Å². The van der Waals surface area contributed by atoms with Crippen molar-refractivity contribution in [2.45, 2.75) is 27.7 Å². The van der Waals surface area contributed by atoms with E-state index in [1.54, 1.807) is 0 Å². The number of rotatable bonds is 4. The summed E-state index contributed by atoms with van der Waals surface area (Å²) in [5.41, 5.74) is 7.66. The largest absolute Gasteiger partial charge is 0.361 e. The zero-order valence-electron chi connectivity index (χ0n) is 16.1. The summed E-state index contributed by atoms with van der Waals surface area (Å²) >= 11 is 3.67. The van der Waals surface area contributed by atoms with E-state index < -0.39 is 0 Å². The molecule has 0 amide bonds. The van der Waals surface area contributed by atoms with Gasteiger partial charge in [-0.05, 0) is 67.9 Å². The maximum atomic E-state index is 5.30. The lowest BCUT2D eigenvalue weighted by molar-refractivity contribution is 0.393. The van der Waals surface area contributed by atoms with Crippen LogP contribution in [0.2, 0.25) is 0 Å². The Morgan fingerprint density at radius 1 is 1.04 bits per heavy atom. The highest BCUT2D eigenvalue weighted by molar-refractivity contribution is 9.10. The maximum Gasteiger partial charge on any atom is 0.141 e. The topological polar surface area (TPSA) is 68.8 Å². The highest BCUT2D eigenvalue weighted by atomic mass is 79.9. The van der Waals surface area contributed by atoms with Crippen molar-refractivity contribution < 1.29 is 4.52 Å². The molecule has 0 aliphatic carbocycles. The first kappa shape index (κ1) is 18.4. The van der Waals surface area contributed by atoms with Crippen molar-refractivity contribution in [1.29, 1.82) is 0 Å². The molecule has 6 nitrogen and oxygen atoms in total. The Labute approximate surface area is 171 Å². The van der Waals surface area contributed by atoms with Gasteiger partial charge in [-0.2, -0.15) is 0 Å². The molecule has 0 saturated heterocycles. The van der Waals surface area contributed by atoms with Crippen LogP contribution in [-0.2, 0) is 0 Å². The summed E-state index contributed by atoms with van der Waals surface area (Å²) in [7, 11) is 0. The third-order valence-corrected chi connectivity index (χ3v) is 5.26. The summed E-state index contributed by atoms with van der Waals surface area (Å²) in [5, 5.41) is 7.51. The molecule has 4 rings (SSSR count). The second kappa shape index (κ2) is 7.24. The van der Waals surface area contributed by atoms with Crippen LogP contribution in [0.4, 0.5) is 11.4 Å². The highest BCUT2D eigenvalue weighted by Gasteiger charge is 2.14. The van der Waals surface area contributed by atoms with Gasteiger partial charge < -0.3 is 14.4 Å². The lowest BCUT2D eigenvalue weighted by Gasteiger charge is -2.13. The number of pyridine rings is 1. The van der Waals surface area contributed by atoms with E-state index in [4.69, 9.17) is 4.52 Å². The number of anilines is 2. The fraction of sp³-hybridized carbons (Fsp3) is 0.190. The van der Waals surface area contributed by atoms with Gasteiger partial charge in [0.05, 0.1) is 34.8 Å². The van der Waals surface area contributed by atoms with Crippen LogP contribution in [-0.4, -0.2) is 19.7 Å². The minimum atomic E-state index is 0.789. The van der Waals surface area contributed by atoms with Crippen molar-refractivity contribution in [2.75, 3.05) is 5.32 Å². The number of aromatic nitrogens is 4. The normalized spacial score (nSPS) is 11.0. The molecule has 3 heterocycles. The summed E-state index contributed by atoms with van der Waals surface area (Å²) in [5.74, 6) is 0.789. The van der Waals surface area contributed by atoms with Gasteiger partial charge >= 0.3 is 0 Å². The Kier molecular flexibility index (Phi) is 4.77. The third kappa shape index (κ3) is 3.45. The summed E-state index contributed by atoms with van der Waals surface area (Å²) in [4.78, 5) is 8.84. The summed E-state index contributed by atoms with van der Waals surface area (Å²) in [6, 6.07) is 8.22. The predicted molar refractivity (Wildman–Crippen MR) is 113 cm³/mol. The molecule has 0 aliphatic heterocycles. The number of nitrogens with zero attached hydrogens (tertiary/aromatic N) is 4. The zero-order chi connectivity index (χ0) is 19.8. The van der Waals surface area contributed by atoms with Gasteiger partial charge in [0.25, 0.3) is 0 Å². The minimum absolute atomic E-state index is 0.789. The second-order valence-corrected chi connectivity index (χ2v) is 7.62. The predicted octanol–water partition coefficient (Wildman–Crippen LogP) is 5.66. The number of benzene rings is 1. The van der Waals surface area contributed by atoms with Crippen LogP contribution in [0.3, 0.4) is 0 Å². The number of halogens is 1. The number of nitrogens with one attached hydrogen (secondary N) is 1. The molecule has 0 atom stereocenters. The molecule has 0 saturated carbocycles. The fourth-order valence-corrected chi connectivity index (χ4v) is 3.78. The lowest BCUT2D eigenvalue weighted by Crippen LogP contribution is -1.98. The van der Waals surface area contributed by atoms with Gasteiger partial charge in [-0.25, -0.2) is 4.98 Å². The van der Waals surface area contributed by atoms with Gasteiger partial charge in [-0.3, -0.25) is 4.98 Å². The molecule has 0 fully saturated rings.